The summed E-state index contributed by atoms with van der Waals surface area (Å²) in [5.41, 5.74) is 10.1. The van der Waals surface area contributed by atoms with Crippen molar-refractivity contribution in [2.24, 2.45) is 0 Å². The molecule has 2 nitrogen and oxygen atoms in total. The van der Waals surface area contributed by atoms with Crippen LogP contribution in [0.3, 0.4) is 0 Å². The van der Waals surface area contributed by atoms with Gasteiger partial charge in [0.2, 0.25) is 0 Å². The van der Waals surface area contributed by atoms with Crippen LogP contribution in [-0.4, -0.2) is 9.38 Å². The number of nitrogens with zero attached hydrogens (tertiary/aromatic N) is 2. The molecule has 0 saturated heterocycles. The van der Waals surface area contributed by atoms with Gasteiger partial charge in [0.1, 0.15) is 5.65 Å². The second-order valence-corrected chi connectivity index (χ2v) is 11.9. The number of imidazole rings is 1. The molecule has 0 aliphatic rings. The SMILES string of the molecule is C/C=C\c1cccc2ccc3ccc(-c4ccc5c(c4)c4ccccc4c4nc(-c6ccccc6)c(-c6ccccc6)n54)cc3c12. The van der Waals surface area contributed by atoms with Gasteiger partial charge in [-0.1, -0.05) is 146 Å². The summed E-state index contributed by atoms with van der Waals surface area (Å²) in [5.74, 6) is 0. The molecule has 2 heteroatoms. The number of aromatic nitrogens is 2. The standard InChI is InChI=1S/C44H30N2/c1-2-12-30-17-11-18-31-23-21-29-22-24-34(27-38(29)41(30)31)35-25-26-40-39(28-35)36-19-9-10-20-37(36)44-45-42(32-13-5-3-6-14-32)43(46(40)44)33-15-7-4-8-16-33/h2-28H,1H3/b12-2-. The van der Waals surface area contributed by atoms with Crippen LogP contribution < -0.4 is 0 Å². The van der Waals surface area contributed by atoms with Crippen LogP contribution in [0.2, 0.25) is 0 Å². The molecule has 0 aliphatic heterocycles. The minimum absolute atomic E-state index is 0.974. The van der Waals surface area contributed by atoms with E-state index < -0.39 is 0 Å². The van der Waals surface area contributed by atoms with E-state index >= 15 is 0 Å². The van der Waals surface area contributed by atoms with Crippen molar-refractivity contribution in [3.63, 3.8) is 0 Å². The third kappa shape index (κ3) is 4.08. The zero-order chi connectivity index (χ0) is 30.6. The average Bonchev–Trinajstić information content (AvgIpc) is 3.53. The number of pyridine rings is 1. The molecule has 0 radical (unpaired) electrons. The van der Waals surface area contributed by atoms with Crippen molar-refractivity contribution < 1.29 is 0 Å². The number of benzene rings is 7. The monoisotopic (exact) mass is 586 g/mol. The molecule has 0 N–H and O–H groups in total. The first-order valence-electron chi connectivity index (χ1n) is 15.8. The van der Waals surface area contributed by atoms with E-state index in [9.17, 15) is 0 Å². The predicted molar refractivity (Wildman–Crippen MR) is 196 cm³/mol. The molecule has 2 aromatic heterocycles. The molecule has 0 spiro atoms. The maximum absolute atomic E-state index is 5.36. The molecular weight excluding hydrogens is 556 g/mol. The van der Waals surface area contributed by atoms with Gasteiger partial charge < -0.3 is 0 Å². The zero-order valence-electron chi connectivity index (χ0n) is 25.5. The summed E-state index contributed by atoms with van der Waals surface area (Å²) in [4.78, 5) is 5.36. The summed E-state index contributed by atoms with van der Waals surface area (Å²) in [6.07, 6.45) is 4.33. The summed E-state index contributed by atoms with van der Waals surface area (Å²) in [5, 5.41) is 8.65. The molecule has 0 fully saturated rings. The third-order valence-electron chi connectivity index (χ3n) is 9.24. The number of fused-ring (bicyclic) bond motifs is 9. The lowest BCUT2D eigenvalue weighted by Gasteiger charge is -2.14. The second kappa shape index (κ2) is 10.6. The van der Waals surface area contributed by atoms with E-state index in [1.54, 1.807) is 0 Å². The van der Waals surface area contributed by atoms with E-state index in [1.807, 2.05) is 0 Å². The van der Waals surface area contributed by atoms with E-state index in [-0.39, 0.29) is 0 Å². The lowest BCUT2D eigenvalue weighted by molar-refractivity contribution is 1.27. The van der Waals surface area contributed by atoms with Gasteiger partial charge in [-0.2, -0.15) is 0 Å². The van der Waals surface area contributed by atoms with Gasteiger partial charge in [0.15, 0.2) is 0 Å². The van der Waals surface area contributed by atoms with Crippen molar-refractivity contribution in [1.29, 1.82) is 0 Å². The fourth-order valence-electron chi connectivity index (χ4n) is 7.17. The average molecular weight is 587 g/mol. The van der Waals surface area contributed by atoms with E-state index in [2.05, 4.69) is 175 Å². The Bertz CT molecular complexity index is 2630. The first kappa shape index (κ1) is 26.4. The molecule has 9 rings (SSSR count). The Morgan fingerprint density at radius 2 is 1.15 bits per heavy atom. The van der Waals surface area contributed by atoms with Gasteiger partial charge in [0, 0.05) is 21.9 Å². The Morgan fingerprint density at radius 1 is 0.500 bits per heavy atom. The Morgan fingerprint density at radius 3 is 1.93 bits per heavy atom. The molecule has 9 aromatic rings. The Kier molecular flexibility index (Phi) is 6.07. The normalized spacial score (nSPS) is 11.9. The second-order valence-electron chi connectivity index (χ2n) is 11.9. The van der Waals surface area contributed by atoms with Crippen LogP contribution in [0.4, 0.5) is 0 Å². The Labute approximate surface area is 267 Å². The number of hydrogen-bond acceptors (Lipinski definition) is 1. The van der Waals surface area contributed by atoms with Gasteiger partial charge in [0.05, 0.1) is 16.9 Å². The fourth-order valence-corrected chi connectivity index (χ4v) is 7.17. The van der Waals surface area contributed by atoms with Crippen LogP contribution in [0.5, 0.6) is 0 Å². The number of allylic oxidation sites excluding steroid dienone is 1. The summed E-state index contributed by atoms with van der Waals surface area (Å²) < 4.78 is 2.37. The smallest absolute Gasteiger partial charge is 0.146 e. The van der Waals surface area contributed by atoms with Gasteiger partial charge in [-0.15, -0.1) is 0 Å². The highest BCUT2D eigenvalue weighted by atomic mass is 15.0. The first-order chi connectivity index (χ1) is 22.8. The van der Waals surface area contributed by atoms with Crippen LogP contribution in [0.15, 0.2) is 158 Å². The van der Waals surface area contributed by atoms with Crippen molar-refractivity contribution in [1.82, 2.24) is 9.38 Å². The molecule has 2 heterocycles. The highest BCUT2D eigenvalue weighted by Gasteiger charge is 2.21. The minimum Gasteiger partial charge on any atom is -0.291 e. The Hall–Kier alpha value is -5.99. The van der Waals surface area contributed by atoms with E-state index in [4.69, 9.17) is 4.98 Å². The minimum atomic E-state index is 0.974. The van der Waals surface area contributed by atoms with Gasteiger partial charge in [-0.25, -0.2) is 4.98 Å². The summed E-state index contributed by atoms with van der Waals surface area (Å²) in [6, 6.07) is 54.7. The molecule has 0 unspecified atom stereocenters. The molecule has 7 aromatic carbocycles. The molecule has 46 heavy (non-hydrogen) atoms. The molecule has 216 valence electrons. The number of hydrogen-bond donors (Lipinski definition) is 0. The molecule has 0 saturated carbocycles. The van der Waals surface area contributed by atoms with E-state index in [1.165, 1.54) is 49.0 Å². The van der Waals surface area contributed by atoms with Crippen molar-refractivity contribution in [3.8, 4) is 33.6 Å². The largest absolute Gasteiger partial charge is 0.291 e. The van der Waals surface area contributed by atoms with E-state index in [0.29, 0.717) is 0 Å². The summed E-state index contributed by atoms with van der Waals surface area (Å²) in [7, 11) is 0. The van der Waals surface area contributed by atoms with Crippen LogP contribution >= 0.6 is 0 Å². The molecule has 0 amide bonds. The van der Waals surface area contributed by atoms with E-state index in [0.717, 1.165) is 39.1 Å². The molecular formula is C44H30N2. The van der Waals surface area contributed by atoms with Gasteiger partial charge in [-0.05, 0) is 68.7 Å². The third-order valence-corrected chi connectivity index (χ3v) is 9.24. The van der Waals surface area contributed by atoms with Crippen molar-refractivity contribution in [2.45, 2.75) is 6.92 Å². The summed E-state index contributed by atoms with van der Waals surface area (Å²) >= 11 is 0. The van der Waals surface area contributed by atoms with Crippen LogP contribution in [0.25, 0.3) is 88.6 Å². The maximum Gasteiger partial charge on any atom is 0.146 e. The van der Waals surface area contributed by atoms with Crippen molar-refractivity contribution in [2.75, 3.05) is 0 Å². The fraction of sp³-hybridized carbons (Fsp3) is 0.0227. The maximum atomic E-state index is 5.36. The Balaban J connectivity index is 1.35. The quantitative estimate of drug-likeness (QED) is 0.188. The van der Waals surface area contributed by atoms with Gasteiger partial charge in [0.25, 0.3) is 0 Å². The zero-order valence-corrected chi connectivity index (χ0v) is 25.5. The molecule has 0 aliphatic carbocycles. The van der Waals surface area contributed by atoms with Crippen LogP contribution in [-0.2, 0) is 0 Å². The lowest BCUT2D eigenvalue weighted by Crippen LogP contribution is -1.95. The first-order valence-corrected chi connectivity index (χ1v) is 15.8. The molecule has 0 bridgehead atoms. The highest BCUT2D eigenvalue weighted by molar-refractivity contribution is 6.15. The van der Waals surface area contributed by atoms with Crippen LogP contribution in [0.1, 0.15) is 12.5 Å². The lowest BCUT2D eigenvalue weighted by atomic mass is 9.93. The topological polar surface area (TPSA) is 17.3 Å². The highest BCUT2D eigenvalue weighted by Crippen LogP contribution is 2.40. The van der Waals surface area contributed by atoms with Crippen molar-refractivity contribution >= 4 is 54.9 Å². The van der Waals surface area contributed by atoms with Crippen molar-refractivity contribution in [3.05, 3.63) is 163 Å². The molecule has 0 atom stereocenters. The van der Waals surface area contributed by atoms with Crippen LogP contribution in [0, 0.1) is 0 Å². The summed E-state index contributed by atoms with van der Waals surface area (Å²) in [6.45, 7) is 2.08. The predicted octanol–water partition coefficient (Wildman–Crippen LogP) is 12.0. The van der Waals surface area contributed by atoms with Gasteiger partial charge >= 0.3 is 0 Å². The number of rotatable bonds is 4. The van der Waals surface area contributed by atoms with Gasteiger partial charge in [-0.3, -0.25) is 4.40 Å².